The summed E-state index contributed by atoms with van der Waals surface area (Å²) in [5.41, 5.74) is 4.51. The van der Waals surface area contributed by atoms with Gasteiger partial charge in [-0.2, -0.15) is 0 Å². The maximum absolute atomic E-state index is 9.22. The first-order chi connectivity index (χ1) is 4.42. The molecular formula is C7H16N2O. The zero-order valence-electron chi connectivity index (χ0n) is 6.65. The summed E-state index contributed by atoms with van der Waals surface area (Å²) in [7, 11) is 0. The molecule has 0 fully saturated rings. The highest BCUT2D eigenvalue weighted by Crippen LogP contribution is 2.11. The average Bonchev–Trinajstić information content (AvgIpc) is 1.59. The van der Waals surface area contributed by atoms with Crippen LogP contribution in [0.1, 0.15) is 33.1 Å². The maximum Gasteiger partial charge on any atom is 0.0905 e. The quantitative estimate of drug-likeness (QED) is 0.404. The number of hydrogen-bond acceptors (Lipinski definition) is 2. The van der Waals surface area contributed by atoms with Gasteiger partial charge in [-0.3, -0.25) is 5.41 Å². The molecule has 0 aliphatic heterocycles. The molecule has 0 aromatic heterocycles. The highest BCUT2D eigenvalue weighted by atomic mass is 16.3. The van der Waals surface area contributed by atoms with Crippen LogP contribution in [-0.4, -0.2) is 16.5 Å². The van der Waals surface area contributed by atoms with E-state index in [2.05, 4.69) is 0 Å². The molecule has 0 aromatic carbocycles. The van der Waals surface area contributed by atoms with Gasteiger partial charge in [0.25, 0.3) is 0 Å². The second-order valence-corrected chi connectivity index (χ2v) is 3.19. The van der Waals surface area contributed by atoms with Gasteiger partial charge in [0.15, 0.2) is 0 Å². The van der Waals surface area contributed by atoms with E-state index in [1.807, 2.05) is 0 Å². The number of amidine groups is 1. The van der Waals surface area contributed by atoms with E-state index in [0.29, 0.717) is 12.8 Å². The van der Waals surface area contributed by atoms with Crippen LogP contribution in [0.3, 0.4) is 0 Å². The van der Waals surface area contributed by atoms with Crippen molar-refractivity contribution in [2.75, 3.05) is 0 Å². The van der Waals surface area contributed by atoms with E-state index in [4.69, 9.17) is 11.1 Å². The second-order valence-electron chi connectivity index (χ2n) is 3.19. The van der Waals surface area contributed by atoms with Crippen molar-refractivity contribution in [2.45, 2.75) is 38.7 Å². The fourth-order valence-corrected chi connectivity index (χ4v) is 0.711. The maximum atomic E-state index is 9.22. The summed E-state index contributed by atoms with van der Waals surface area (Å²) in [5, 5.41) is 16.1. The predicted octanol–water partition coefficient (Wildman–Crippen LogP) is 0.864. The SMILES string of the molecule is CC(C)(O)CCCC(=N)N. The van der Waals surface area contributed by atoms with Crippen LogP contribution in [0, 0.1) is 5.41 Å². The lowest BCUT2D eigenvalue weighted by Gasteiger charge is -2.15. The molecule has 0 aliphatic carbocycles. The molecule has 3 heteroatoms. The Bertz CT molecular complexity index is 115. The van der Waals surface area contributed by atoms with Gasteiger partial charge < -0.3 is 10.8 Å². The summed E-state index contributed by atoms with van der Waals surface area (Å²) in [4.78, 5) is 0. The van der Waals surface area contributed by atoms with Crippen LogP contribution in [0.25, 0.3) is 0 Å². The van der Waals surface area contributed by atoms with Crippen LogP contribution in [0.5, 0.6) is 0 Å². The van der Waals surface area contributed by atoms with E-state index in [-0.39, 0.29) is 5.84 Å². The second kappa shape index (κ2) is 3.56. The minimum absolute atomic E-state index is 0.198. The van der Waals surface area contributed by atoms with Gasteiger partial charge in [-0.15, -0.1) is 0 Å². The zero-order chi connectivity index (χ0) is 8.20. The molecule has 0 radical (unpaired) electrons. The van der Waals surface area contributed by atoms with Crippen LogP contribution in [0.4, 0.5) is 0 Å². The molecule has 0 saturated heterocycles. The summed E-state index contributed by atoms with van der Waals surface area (Å²) >= 11 is 0. The first-order valence-electron chi connectivity index (χ1n) is 3.47. The van der Waals surface area contributed by atoms with Crippen molar-refractivity contribution in [3.8, 4) is 0 Å². The third-order valence-corrected chi connectivity index (χ3v) is 1.23. The van der Waals surface area contributed by atoms with E-state index in [0.717, 1.165) is 6.42 Å². The molecule has 4 N–H and O–H groups in total. The van der Waals surface area contributed by atoms with Crippen molar-refractivity contribution in [3.63, 3.8) is 0 Å². The molecule has 0 amide bonds. The van der Waals surface area contributed by atoms with Gasteiger partial charge in [-0.05, 0) is 26.7 Å². The summed E-state index contributed by atoms with van der Waals surface area (Å²) < 4.78 is 0. The van der Waals surface area contributed by atoms with E-state index in [9.17, 15) is 5.11 Å². The van der Waals surface area contributed by atoms with Crippen LogP contribution in [-0.2, 0) is 0 Å². The molecule has 0 rings (SSSR count). The third-order valence-electron chi connectivity index (χ3n) is 1.23. The van der Waals surface area contributed by atoms with Crippen molar-refractivity contribution in [1.29, 1.82) is 5.41 Å². The fourth-order valence-electron chi connectivity index (χ4n) is 0.711. The molecule has 0 atom stereocenters. The minimum Gasteiger partial charge on any atom is -0.390 e. The molecule has 0 unspecified atom stereocenters. The molecule has 60 valence electrons. The van der Waals surface area contributed by atoms with Gasteiger partial charge in [-0.25, -0.2) is 0 Å². The van der Waals surface area contributed by atoms with Gasteiger partial charge >= 0.3 is 0 Å². The molecule has 0 aliphatic rings. The largest absolute Gasteiger partial charge is 0.390 e. The lowest BCUT2D eigenvalue weighted by molar-refractivity contribution is 0.0694. The van der Waals surface area contributed by atoms with Gasteiger partial charge in [0, 0.05) is 6.42 Å². The Hall–Kier alpha value is -0.570. The van der Waals surface area contributed by atoms with Gasteiger partial charge in [0.1, 0.15) is 0 Å². The topological polar surface area (TPSA) is 70.1 Å². The fraction of sp³-hybridized carbons (Fsp3) is 0.857. The average molecular weight is 144 g/mol. The molecule has 0 bridgehead atoms. The highest BCUT2D eigenvalue weighted by molar-refractivity contribution is 5.76. The summed E-state index contributed by atoms with van der Waals surface area (Å²) in [5.74, 6) is 0.198. The minimum atomic E-state index is -0.616. The molecule has 0 heterocycles. The number of nitrogens with two attached hydrogens (primary N) is 1. The van der Waals surface area contributed by atoms with Crippen molar-refractivity contribution in [3.05, 3.63) is 0 Å². The smallest absolute Gasteiger partial charge is 0.0905 e. The van der Waals surface area contributed by atoms with Gasteiger partial charge in [0.05, 0.1) is 11.4 Å². The Labute approximate surface area is 61.7 Å². The van der Waals surface area contributed by atoms with E-state index >= 15 is 0 Å². The zero-order valence-corrected chi connectivity index (χ0v) is 6.65. The molecule has 0 aromatic rings. The lowest BCUT2D eigenvalue weighted by Crippen LogP contribution is -2.19. The third kappa shape index (κ3) is 7.43. The first kappa shape index (κ1) is 9.43. The molecule has 0 spiro atoms. The van der Waals surface area contributed by atoms with Crippen LogP contribution in [0.15, 0.2) is 0 Å². The predicted molar refractivity (Wildman–Crippen MR) is 42.1 cm³/mol. The van der Waals surface area contributed by atoms with Gasteiger partial charge in [0.2, 0.25) is 0 Å². The van der Waals surface area contributed by atoms with E-state index < -0.39 is 5.60 Å². The van der Waals surface area contributed by atoms with Crippen molar-refractivity contribution < 1.29 is 5.11 Å². The Morgan fingerprint density at radius 3 is 2.40 bits per heavy atom. The van der Waals surface area contributed by atoms with Crippen molar-refractivity contribution in [1.82, 2.24) is 0 Å². The summed E-state index contributed by atoms with van der Waals surface area (Å²) in [6, 6.07) is 0. The van der Waals surface area contributed by atoms with Crippen molar-refractivity contribution >= 4 is 5.84 Å². The first-order valence-corrected chi connectivity index (χ1v) is 3.47. The number of rotatable bonds is 4. The monoisotopic (exact) mass is 144 g/mol. The molecule has 3 nitrogen and oxygen atoms in total. The lowest BCUT2D eigenvalue weighted by atomic mass is 10.0. The van der Waals surface area contributed by atoms with Crippen LogP contribution >= 0.6 is 0 Å². The summed E-state index contributed by atoms with van der Waals surface area (Å²) in [6.07, 6.45) is 2.08. The number of aliphatic hydroxyl groups is 1. The number of nitrogens with one attached hydrogen (secondary N) is 1. The molecular weight excluding hydrogens is 128 g/mol. The Balaban J connectivity index is 3.29. The Morgan fingerprint density at radius 2 is 2.10 bits per heavy atom. The molecule has 10 heavy (non-hydrogen) atoms. The summed E-state index contributed by atoms with van der Waals surface area (Å²) in [6.45, 7) is 3.51. The normalized spacial score (nSPS) is 11.5. The standard InChI is InChI=1S/C7H16N2O/c1-7(2,10)5-3-4-6(8)9/h10H,3-5H2,1-2H3,(H3,8,9). The molecule has 0 saturated carbocycles. The highest BCUT2D eigenvalue weighted by Gasteiger charge is 2.10. The Kier molecular flexibility index (Phi) is 3.36. The van der Waals surface area contributed by atoms with E-state index in [1.165, 1.54) is 0 Å². The van der Waals surface area contributed by atoms with Crippen molar-refractivity contribution in [2.24, 2.45) is 5.73 Å². The van der Waals surface area contributed by atoms with E-state index in [1.54, 1.807) is 13.8 Å². The Morgan fingerprint density at radius 1 is 1.60 bits per heavy atom. The van der Waals surface area contributed by atoms with Gasteiger partial charge in [-0.1, -0.05) is 0 Å². The number of hydrogen-bond donors (Lipinski definition) is 3. The van der Waals surface area contributed by atoms with Crippen LogP contribution < -0.4 is 5.73 Å². The van der Waals surface area contributed by atoms with Crippen LogP contribution in [0.2, 0.25) is 0 Å².